The van der Waals surface area contributed by atoms with Crippen molar-refractivity contribution >= 4 is 45.6 Å². The van der Waals surface area contributed by atoms with Gasteiger partial charge < -0.3 is 5.32 Å². The van der Waals surface area contributed by atoms with Crippen molar-refractivity contribution in [1.82, 2.24) is 15.1 Å². The molecule has 1 aliphatic rings. The molecule has 2 aromatic carbocycles. The van der Waals surface area contributed by atoms with Gasteiger partial charge in [0.05, 0.1) is 0 Å². The first-order chi connectivity index (χ1) is 14.1. The van der Waals surface area contributed by atoms with Crippen molar-refractivity contribution in [3.63, 3.8) is 0 Å². The van der Waals surface area contributed by atoms with Gasteiger partial charge in [-0.15, -0.1) is 10.2 Å². The molecular weight excluding hydrogens is 427 g/mol. The molecule has 0 atom stereocenters. The van der Waals surface area contributed by atoms with Crippen molar-refractivity contribution in [1.29, 1.82) is 0 Å². The molecule has 3 aromatic rings. The number of aromatic nitrogens is 2. The van der Waals surface area contributed by atoms with Crippen LogP contribution in [0.3, 0.4) is 0 Å². The highest BCUT2D eigenvalue weighted by Gasteiger charge is 2.26. The lowest BCUT2D eigenvalue weighted by Gasteiger charge is -2.31. The van der Waals surface area contributed by atoms with E-state index in [1.807, 2.05) is 42.5 Å². The molecule has 0 aliphatic carbocycles. The number of halogens is 2. The van der Waals surface area contributed by atoms with Gasteiger partial charge in [-0.05, 0) is 49.7 Å². The van der Waals surface area contributed by atoms with E-state index in [9.17, 15) is 4.79 Å². The van der Waals surface area contributed by atoms with E-state index < -0.39 is 0 Å². The van der Waals surface area contributed by atoms with E-state index in [-0.39, 0.29) is 11.8 Å². The number of carbonyl (C=O) groups excluding carboxylic acids is 1. The first-order valence-electron chi connectivity index (χ1n) is 9.44. The summed E-state index contributed by atoms with van der Waals surface area (Å²) in [5.74, 6) is 0.00146. The van der Waals surface area contributed by atoms with Crippen molar-refractivity contribution in [2.24, 2.45) is 5.92 Å². The van der Waals surface area contributed by atoms with Crippen LogP contribution in [0.4, 0.5) is 5.13 Å². The number of hydrogen-bond acceptors (Lipinski definition) is 5. The summed E-state index contributed by atoms with van der Waals surface area (Å²) in [6.45, 7) is 2.56. The second kappa shape index (κ2) is 9.22. The van der Waals surface area contributed by atoms with Crippen LogP contribution in [0, 0.1) is 5.92 Å². The number of nitrogens with one attached hydrogen (secondary N) is 1. The topological polar surface area (TPSA) is 58.1 Å². The molecule has 0 radical (unpaired) electrons. The van der Waals surface area contributed by atoms with Crippen molar-refractivity contribution < 1.29 is 4.79 Å². The Hall–Kier alpha value is -1.99. The van der Waals surface area contributed by atoms with Gasteiger partial charge in [-0.3, -0.25) is 9.69 Å². The quantitative estimate of drug-likeness (QED) is 0.572. The van der Waals surface area contributed by atoms with E-state index in [4.69, 9.17) is 23.2 Å². The maximum atomic E-state index is 12.6. The molecule has 1 fully saturated rings. The molecule has 2 heterocycles. The predicted molar refractivity (Wildman–Crippen MR) is 118 cm³/mol. The van der Waals surface area contributed by atoms with Gasteiger partial charge in [-0.2, -0.15) is 0 Å². The van der Waals surface area contributed by atoms with E-state index in [0.717, 1.165) is 53.6 Å². The van der Waals surface area contributed by atoms with E-state index in [0.29, 0.717) is 10.2 Å². The largest absolute Gasteiger partial charge is 0.300 e. The molecule has 1 amide bonds. The number of amides is 1. The molecule has 1 N–H and O–H groups in total. The molecule has 1 aromatic heterocycles. The standard InChI is InChI=1S/C21H20Cl2N4OS/c22-17-7-5-15(6-8-17)20-25-26-21(29-20)24-19(28)14-9-11-27(12-10-14)13-16-3-1-2-4-18(16)23/h1-8,14H,9-13H2,(H,24,26,28). The van der Waals surface area contributed by atoms with Gasteiger partial charge in [0.15, 0.2) is 0 Å². The zero-order valence-electron chi connectivity index (χ0n) is 15.6. The molecule has 150 valence electrons. The van der Waals surface area contributed by atoms with Crippen molar-refractivity contribution in [2.45, 2.75) is 19.4 Å². The first-order valence-corrected chi connectivity index (χ1v) is 11.0. The average molecular weight is 447 g/mol. The number of nitrogens with zero attached hydrogens (tertiary/aromatic N) is 3. The molecular formula is C21H20Cl2N4OS. The van der Waals surface area contributed by atoms with Gasteiger partial charge in [0.25, 0.3) is 0 Å². The van der Waals surface area contributed by atoms with Crippen LogP contribution in [-0.2, 0) is 11.3 Å². The minimum absolute atomic E-state index is 0.0135. The highest BCUT2D eigenvalue weighted by atomic mass is 35.5. The van der Waals surface area contributed by atoms with Crippen LogP contribution in [0.2, 0.25) is 10.0 Å². The van der Waals surface area contributed by atoms with Gasteiger partial charge in [-0.25, -0.2) is 0 Å². The Kier molecular flexibility index (Phi) is 6.45. The molecule has 29 heavy (non-hydrogen) atoms. The third kappa shape index (κ3) is 5.14. The van der Waals surface area contributed by atoms with Crippen molar-refractivity contribution in [3.8, 4) is 10.6 Å². The summed E-state index contributed by atoms with van der Waals surface area (Å²) in [5, 5.41) is 14.0. The number of hydrogen-bond donors (Lipinski definition) is 1. The fourth-order valence-corrected chi connectivity index (χ4v) is 4.48. The van der Waals surface area contributed by atoms with Gasteiger partial charge in [0, 0.05) is 28.1 Å². The predicted octanol–water partition coefficient (Wildman–Crippen LogP) is 5.36. The van der Waals surface area contributed by atoms with E-state index in [2.05, 4.69) is 26.5 Å². The minimum Gasteiger partial charge on any atom is -0.300 e. The number of carbonyl (C=O) groups is 1. The van der Waals surface area contributed by atoms with E-state index in [1.54, 1.807) is 0 Å². The summed E-state index contributed by atoms with van der Waals surface area (Å²) >= 11 is 13.5. The summed E-state index contributed by atoms with van der Waals surface area (Å²) in [7, 11) is 0. The Labute approximate surface area is 183 Å². The lowest BCUT2D eigenvalue weighted by atomic mass is 9.95. The van der Waals surface area contributed by atoms with Crippen LogP contribution in [-0.4, -0.2) is 34.1 Å². The smallest absolute Gasteiger partial charge is 0.229 e. The summed E-state index contributed by atoms with van der Waals surface area (Å²) in [6, 6.07) is 15.3. The summed E-state index contributed by atoms with van der Waals surface area (Å²) in [6.07, 6.45) is 1.64. The van der Waals surface area contributed by atoms with Crippen molar-refractivity contribution in [3.05, 3.63) is 64.1 Å². The average Bonchev–Trinajstić information content (AvgIpc) is 3.19. The maximum absolute atomic E-state index is 12.6. The van der Waals surface area contributed by atoms with E-state index in [1.165, 1.54) is 11.3 Å². The molecule has 4 rings (SSSR count). The van der Waals surface area contributed by atoms with Gasteiger partial charge >= 0.3 is 0 Å². The molecule has 0 unspecified atom stereocenters. The van der Waals surface area contributed by atoms with Crippen LogP contribution < -0.4 is 5.32 Å². The van der Waals surface area contributed by atoms with Crippen LogP contribution in [0.5, 0.6) is 0 Å². The second-order valence-electron chi connectivity index (χ2n) is 7.05. The van der Waals surface area contributed by atoms with Gasteiger partial charge in [0.1, 0.15) is 5.01 Å². The zero-order chi connectivity index (χ0) is 20.2. The molecule has 0 saturated carbocycles. The van der Waals surface area contributed by atoms with E-state index >= 15 is 0 Å². The highest BCUT2D eigenvalue weighted by molar-refractivity contribution is 7.18. The lowest BCUT2D eigenvalue weighted by molar-refractivity contribution is -0.121. The monoisotopic (exact) mass is 446 g/mol. The molecule has 5 nitrogen and oxygen atoms in total. The number of benzene rings is 2. The summed E-state index contributed by atoms with van der Waals surface area (Å²) in [5.41, 5.74) is 2.06. The van der Waals surface area contributed by atoms with Gasteiger partial charge in [-0.1, -0.05) is 64.9 Å². The lowest BCUT2D eigenvalue weighted by Crippen LogP contribution is -2.37. The molecule has 1 saturated heterocycles. The fraction of sp³-hybridized carbons (Fsp3) is 0.286. The summed E-state index contributed by atoms with van der Waals surface area (Å²) in [4.78, 5) is 15.0. The van der Waals surface area contributed by atoms with Crippen LogP contribution in [0.25, 0.3) is 10.6 Å². The Morgan fingerprint density at radius 2 is 1.79 bits per heavy atom. The number of rotatable bonds is 5. The number of anilines is 1. The van der Waals surface area contributed by atoms with Gasteiger partial charge in [0.2, 0.25) is 11.0 Å². The normalized spacial score (nSPS) is 15.4. The van der Waals surface area contributed by atoms with Crippen LogP contribution in [0.1, 0.15) is 18.4 Å². The molecule has 0 bridgehead atoms. The zero-order valence-corrected chi connectivity index (χ0v) is 18.0. The first kappa shape index (κ1) is 20.3. The van der Waals surface area contributed by atoms with Crippen molar-refractivity contribution in [2.75, 3.05) is 18.4 Å². The SMILES string of the molecule is O=C(Nc1nnc(-c2ccc(Cl)cc2)s1)C1CCN(Cc2ccccc2Cl)CC1. The minimum atomic E-state index is -0.0135. The number of piperidine rings is 1. The third-order valence-electron chi connectivity index (χ3n) is 5.06. The highest BCUT2D eigenvalue weighted by Crippen LogP contribution is 2.28. The second-order valence-corrected chi connectivity index (χ2v) is 8.87. The Bertz CT molecular complexity index is 984. The molecule has 0 spiro atoms. The maximum Gasteiger partial charge on any atom is 0.229 e. The fourth-order valence-electron chi connectivity index (χ4n) is 3.41. The third-order valence-corrected chi connectivity index (χ3v) is 6.56. The molecule has 1 aliphatic heterocycles. The summed E-state index contributed by atoms with van der Waals surface area (Å²) < 4.78 is 0. The van der Waals surface area contributed by atoms with Crippen LogP contribution >= 0.6 is 34.5 Å². The molecule has 8 heteroatoms. The Balaban J connectivity index is 1.30. The van der Waals surface area contributed by atoms with Crippen LogP contribution in [0.15, 0.2) is 48.5 Å². The Morgan fingerprint density at radius 3 is 2.52 bits per heavy atom. The Morgan fingerprint density at radius 1 is 1.07 bits per heavy atom. The number of likely N-dealkylation sites (tertiary alicyclic amines) is 1.